The minimum absolute atomic E-state index is 0.0307. The van der Waals surface area contributed by atoms with E-state index in [2.05, 4.69) is 0 Å². The van der Waals surface area contributed by atoms with Crippen LogP contribution in [0.15, 0.2) is 36.4 Å². The molecule has 0 amide bonds. The normalized spacial score (nSPS) is 14.9. The minimum Gasteiger partial charge on any atom is -0.486 e. The fraction of sp³-hybridized carbons (Fsp3) is 0.200. The predicted octanol–water partition coefficient (Wildman–Crippen LogP) is 3.33. The first-order chi connectivity index (χ1) is 9.65. The van der Waals surface area contributed by atoms with Crippen LogP contribution in [0.4, 0.5) is 4.39 Å². The molecule has 5 heteroatoms. The summed E-state index contributed by atoms with van der Waals surface area (Å²) in [5.74, 6) is 0.678. The first-order valence-corrected chi connectivity index (χ1v) is 6.55. The Hall–Kier alpha value is -1.78. The van der Waals surface area contributed by atoms with E-state index in [1.54, 1.807) is 24.3 Å². The Bertz CT molecular complexity index is 645. The van der Waals surface area contributed by atoms with E-state index in [1.165, 1.54) is 12.1 Å². The van der Waals surface area contributed by atoms with Crippen molar-refractivity contribution in [1.82, 2.24) is 0 Å². The highest BCUT2D eigenvalue weighted by atomic mass is 35.5. The largest absolute Gasteiger partial charge is 0.486 e. The van der Waals surface area contributed by atoms with Gasteiger partial charge in [0, 0.05) is 0 Å². The zero-order valence-electron chi connectivity index (χ0n) is 10.5. The van der Waals surface area contributed by atoms with Crippen molar-refractivity contribution in [2.24, 2.45) is 0 Å². The van der Waals surface area contributed by atoms with Crippen LogP contribution in [-0.2, 0) is 0 Å². The van der Waals surface area contributed by atoms with Crippen LogP contribution in [0.2, 0.25) is 5.02 Å². The van der Waals surface area contributed by atoms with E-state index in [0.717, 1.165) is 0 Å². The van der Waals surface area contributed by atoms with Crippen LogP contribution in [0, 0.1) is 5.82 Å². The minimum atomic E-state index is -0.947. The van der Waals surface area contributed by atoms with E-state index < -0.39 is 11.9 Å². The zero-order valence-corrected chi connectivity index (χ0v) is 11.2. The summed E-state index contributed by atoms with van der Waals surface area (Å²) in [7, 11) is 0. The maximum atomic E-state index is 13.4. The molecule has 1 N–H and O–H groups in total. The number of fused-ring (bicyclic) bond motifs is 1. The molecule has 0 aliphatic carbocycles. The van der Waals surface area contributed by atoms with Crippen LogP contribution in [0.25, 0.3) is 0 Å². The SMILES string of the molecule is OC(c1ccc(Cl)c(F)c1)c1ccc2c(c1)OCCO2. The number of benzene rings is 2. The molecule has 3 rings (SSSR count). The van der Waals surface area contributed by atoms with E-state index >= 15 is 0 Å². The lowest BCUT2D eigenvalue weighted by Gasteiger charge is -2.20. The summed E-state index contributed by atoms with van der Waals surface area (Å²) in [5, 5.41) is 10.3. The van der Waals surface area contributed by atoms with Crippen molar-refractivity contribution in [3.05, 3.63) is 58.4 Å². The van der Waals surface area contributed by atoms with Crippen LogP contribution in [0.1, 0.15) is 17.2 Å². The highest BCUT2D eigenvalue weighted by molar-refractivity contribution is 6.30. The third-order valence-corrected chi connectivity index (χ3v) is 3.45. The van der Waals surface area contributed by atoms with Crippen molar-refractivity contribution in [2.75, 3.05) is 13.2 Å². The van der Waals surface area contributed by atoms with Crippen LogP contribution in [0.3, 0.4) is 0 Å². The van der Waals surface area contributed by atoms with Crippen LogP contribution < -0.4 is 9.47 Å². The second kappa shape index (κ2) is 5.31. The van der Waals surface area contributed by atoms with Crippen molar-refractivity contribution < 1.29 is 19.0 Å². The molecule has 0 fully saturated rings. The second-order valence-corrected chi connectivity index (χ2v) is 4.89. The topological polar surface area (TPSA) is 38.7 Å². The monoisotopic (exact) mass is 294 g/mol. The van der Waals surface area contributed by atoms with E-state index in [0.29, 0.717) is 35.8 Å². The molecule has 0 saturated heterocycles. The molecule has 1 aliphatic heterocycles. The quantitative estimate of drug-likeness (QED) is 0.923. The average molecular weight is 295 g/mol. The number of aliphatic hydroxyl groups is 1. The summed E-state index contributed by atoms with van der Waals surface area (Å²) in [6.07, 6.45) is -0.947. The number of hydrogen-bond acceptors (Lipinski definition) is 3. The van der Waals surface area contributed by atoms with E-state index in [1.807, 2.05) is 0 Å². The number of ether oxygens (including phenoxy) is 2. The van der Waals surface area contributed by atoms with Crippen LogP contribution in [0.5, 0.6) is 11.5 Å². The fourth-order valence-corrected chi connectivity index (χ4v) is 2.22. The smallest absolute Gasteiger partial charge is 0.161 e. The van der Waals surface area contributed by atoms with Crippen molar-refractivity contribution in [1.29, 1.82) is 0 Å². The molecular weight excluding hydrogens is 283 g/mol. The average Bonchev–Trinajstić information content (AvgIpc) is 2.49. The van der Waals surface area contributed by atoms with Gasteiger partial charge in [0.25, 0.3) is 0 Å². The molecule has 2 aromatic carbocycles. The van der Waals surface area contributed by atoms with E-state index in [9.17, 15) is 9.50 Å². The maximum absolute atomic E-state index is 13.4. The van der Waals surface area contributed by atoms with Gasteiger partial charge in [-0.15, -0.1) is 0 Å². The molecule has 104 valence electrons. The van der Waals surface area contributed by atoms with Gasteiger partial charge in [-0.3, -0.25) is 0 Å². The third kappa shape index (κ3) is 2.44. The lowest BCUT2D eigenvalue weighted by atomic mass is 10.0. The summed E-state index contributed by atoms with van der Waals surface area (Å²) >= 11 is 5.63. The molecule has 0 radical (unpaired) electrons. The summed E-state index contributed by atoms with van der Waals surface area (Å²) in [6, 6.07) is 9.40. The number of halogens is 2. The van der Waals surface area contributed by atoms with Gasteiger partial charge >= 0.3 is 0 Å². The summed E-state index contributed by atoms with van der Waals surface area (Å²) in [6.45, 7) is 0.986. The molecule has 1 atom stereocenters. The molecule has 0 spiro atoms. The van der Waals surface area contributed by atoms with Gasteiger partial charge in [0.05, 0.1) is 5.02 Å². The van der Waals surface area contributed by atoms with Gasteiger partial charge < -0.3 is 14.6 Å². The van der Waals surface area contributed by atoms with Gasteiger partial charge in [-0.2, -0.15) is 0 Å². The molecule has 0 bridgehead atoms. The molecule has 20 heavy (non-hydrogen) atoms. The number of rotatable bonds is 2. The van der Waals surface area contributed by atoms with Gasteiger partial charge in [0.1, 0.15) is 25.1 Å². The Morgan fingerprint density at radius 2 is 1.65 bits per heavy atom. The van der Waals surface area contributed by atoms with Crippen molar-refractivity contribution >= 4 is 11.6 Å². The second-order valence-electron chi connectivity index (χ2n) is 4.48. The summed E-state index contributed by atoms with van der Waals surface area (Å²) in [4.78, 5) is 0. The van der Waals surface area contributed by atoms with Crippen molar-refractivity contribution in [2.45, 2.75) is 6.10 Å². The fourth-order valence-electron chi connectivity index (χ4n) is 2.10. The highest BCUT2D eigenvalue weighted by Gasteiger charge is 2.17. The Balaban J connectivity index is 1.93. The molecule has 1 unspecified atom stereocenters. The maximum Gasteiger partial charge on any atom is 0.161 e. The molecule has 2 aromatic rings. The van der Waals surface area contributed by atoms with Gasteiger partial charge in [0.15, 0.2) is 11.5 Å². The molecule has 0 saturated carbocycles. The van der Waals surface area contributed by atoms with Gasteiger partial charge in [-0.05, 0) is 35.4 Å². The molecule has 1 heterocycles. The Kier molecular flexibility index (Phi) is 3.51. The van der Waals surface area contributed by atoms with E-state index in [-0.39, 0.29) is 5.02 Å². The number of hydrogen-bond donors (Lipinski definition) is 1. The lowest BCUT2D eigenvalue weighted by Crippen LogP contribution is -2.15. The van der Waals surface area contributed by atoms with Gasteiger partial charge in [-0.1, -0.05) is 23.7 Å². The first-order valence-electron chi connectivity index (χ1n) is 6.18. The van der Waals surface area contributed by atoms with Crippen LogP contribution >= 0.6 is 11.6 Å². The first kappa shape index (κ1) is 13.2. The highest BCUT2D eigenvalue weighted by Crippen LogP contribution is 2.34. The summed E-state index contributed by atoms with van der Waals surface area (Å²) in [5.41, 5.74) is 1.04. The Morgan fingerprint density at radius 3 is 2.40 bits per heavy atom. The number of aliphatic hydroxyl groups excluding tert-OH is 1. The molecular formula is C15H12ClFO3. The third-order valence-electron chi connectivity index (χ3n) is 3.14. The summed E-state index contributed by atoms with van der Waals surface area (Å²) < 4.78 is 24.3. The van der Waals surface area contributed by atoms with Gasteiger partial charge in [0.2, 0.25) is 0 Å². The molecule has 1 aliphatic rings. The van der Waals surface area contributed by atoms with E-state index in [4.69, 9.17) is 21.1 Å². The van der Waals surface area contributed by atoms with Crippen LogP contribution in [-0.4, -0.2) is 18.3 Å². The van der Waals surface area contributed by atoms with Crippen molar-refractivity contribution in [3.63, 3.8) is 0 Å². The van der Waals surface area contributed by atoms with Crippen molar-refractivity contribution in [3.8, 4) is 11.5 Å². The standard InChI is InChI=1S/C15H12ClFO3/c16-11-3-1-9(7-12(11)17)15(18)10-2-4-13-14(8-10)20-6-5-19-13/h1-4,7-8,15,18H,5-6H2. The Morgan fingerprint density at radius 1 is 1.00 bits per heavy atom. The Labute approximate surface area is 120 Å². The molecule has 3 nitrogen and oxygen atoms in total. The molecule has 0 aromatic heterocycles. The predicted molar refractivity (Wildman–Crippen MR) is 72.9 cm³/mol. The van der Waals surface area contributed by atoms with Gasteiger partial charge in [-0.25, -0.2) is 4.39 Å². The zero-order chi connectivity index (χ0) is 14.1. The lowest BCUT2D eigenvalue weighted by molar-refractivity contribution is 0.169.